The first kappa shape index (κ1) is 20.9. The molecule has 1 aromatic carbocycles. The Morgan fingerprint density at radius 3 is 2.68 bits per heavy atom. The molecule has 2 aliphatic rings. The predicted octanol–water partition coefficient (Wildman–Crippen LogP) is 2.38. The van der Waals surface area contributed by atoms with E-state index in [1.165, 1.54) is 23.6 Å². The van der Waals surface area contributed by atoms with Gasteiger partial charge in [0.15, 0.2) is 5.17 Å². The van der Waals surface area contributed by atoms with Gasteiger partial charge in [0, 0.05) is 42.6 Å². The lowest BCUT2D eigenvalue weighted by Gasteiger charge is -2.34. The minimum atomic E-state index is -1.03. The highest BCUT2D eigenvalue weighted by molar-refractivity contribution is 8.13. The summed E-state index contributed by atoms with van der Waals surface area (Å²) in [7, 11) is 0. The van der Waals surface area contributed by atoms with Crippen molar-refractivity contribution in [1.82, 2.24) is 15.2 Å². The first-order valence-corrected chi connectivity index (χ1v) is 10.7. The van der Waals surface area contributed by atoms with E-state index >= 15 is 0 Å². The molecule has 3 heterocycles. The molecule has 0 bridgehead atoms. The SMILES string of the molecule is CC(=O)Nc1ccnc(C23CN(C(=O)O)CC2CSC(NC(=O)c2ccccc2)=N3)c1. The molecule has 1 aromatic heterocycles. The third-order valence-electron chi connectivity index (χ3n) is 5.32. The molecule has 2 aliphatic heterocycles. The lowest BCUT2D eigenvalue weighted by atomic mass is 9.85. The summed E-state index contributed by atoms with van der Waals surface area (Å²) in [4.78, 5) is 46.4. The van der Waals surface area contributed by atoms with E-state index in [2.05, 4.69) is 15.6 Å². The van der Waals surface area contributed by atoms with Gasteiger partial charge in [-0.2, -0.15) is 0 Å². The molecule has 0 saturated carbocycles. The monoisotopic (exact) mass is 439 g/mol. The van der Waals surface area contributed by atoms with Crippen molar-refractivity contribution in [3.63, 3.8) is 0 Å². The summed E-state index contributed by atoms with van der Waals surface area (Å²) in [6.07, 6.45) is 0.539. The standard InChI is InChI=1S/C21H21N5O4S/c1-13(27)23-16-7-8-22-17(9-16)21-12-26(20(29)30)10-15(21)11-31-19(25-21)24-18(28)14-5-3-2-4-6-14/h2-9,15H,10-12H2,1H3,(H,29,30)(H,22,23,27)(H,24,25,28). The third-order valence-corrected chi connectivity index (χ3v) is 6.36. The first-order valence-electron chi connectivity index (χ1n) is 9.68. The smallest absolute Gasteiger partial charge is 0.407 e. The van der Waals surface area contributed by atoms with E-state index in [0.29, 0.717) is 34.4 Å². The van der Waals surface area contributed by atoms with Crippen molar-refractivity contribution < 1.29 is 19.5 Å². The molecule has 3 N–H and O–H groups in total. The van der Waals surface area contributed by atoms with Crippen molar-refractivity contribution in [2.45, 2.75) is 12.5 Å². The molecular formula is C21H21N5O4S. The van der Waals surface area contributed by atoms with E-state index in [4.69, 9.17) is 4.99 Å². The van der Waals surface area contributed by atoms with E-state index in [-0.39, 0.29) is 24.3 Å². The normalized spacial score (nSPS) is 22.3. The highest BCUT2D eigenvalue weighted by Gasteiger charge is 2.52. The molecular weight excluding hydrogens is 418 g/mol. The van der Waals surface area contributed by atoms with Crippen LogP contribution in [0.3, 0.4) is 0 Å². The van der Waals surface area contributed by atoms with Crippen molar-refractivity contribution in [1.29, 1.82) is 0 Å². The highest BCUT2D eigenvalue weighted by atomic mass is 32.2. The van der Waals surface area contributed by atoms with Crippen LogP contribution in [0.4, 0.5) is 10.5 Å². The third kappa shape index (κ3) is 4.24. The van der Waals surface area contributed by atoms with Crippen LogP contribution in [0.25, 0.3) is 0 Å². The van der Waals surface area contributed by atoms with E-state index < -0.39 is 11.6 Å². The molecule has 2 unspecified atom stereocenters. The molecule has 0 radical (unpaired) electrons. The van der Waals surface area contributed by atoms with Crippen molar-refractivity contribution >= 4 is 40.5 Å². The second-order valence-corrected chi connectivity index (χ2v) is 8.45. The van der Waals surface area contributed by atoms with Crippen LogP contribution in [0.15, 0.2) is 53.7 Å². The number of thioether (sulfide) groups is 1. The Bertz CT molecular complexity index is 1060. The maximum atomic E-state index is 12.6. The molecule has 9 nitrogen and oxygen atoms in total. The molecule has 4 rings (SSSR count). The zero-order valence-electron chi connectivity index (χ0n) is 16.7. The summed E-state index contributed by atoms with van der Waals surface area (Å²) in [6, 6.07) is 12.2. The number of anilines is 1. The van der Waals surface area contributed by atoms with Crippen molar-refractivity contribution in [3.05, 3.63) is 59.9 Å². The van der Waals surface area contributed by atoms with Crippen molar-refractivity contribution in [3.8, 4) is 0 Å². The van der Waals surface area contributed by atoms with Crippen LogP contribution >= 0.6 is 11.8 Å². The Hall–Kier alpha value is -3.40. The van der Waals surface area contributed by atoms with Gasteiger partial charge in [-0.3, -0.25) is 14.6 Å². The highest BCUT2D eigenvalue weighted by Crippen LogP contribution is 2.45. The Kier molecular flexibility index (Phi) is 5.64. The second-order valence-electron chi connectivity index (χ2n) is 7.44. The molecule has 0 aliphatic carbocycles. The number of aromatic nitrogens is 1. The van der Waals surface area contributed by atoms with Gasteiger partial charge in [0.05, 0.1) is 12.2 Å². The van der Waals surface area contributed by atoms with E-state index in [0.717, 1.165) is 0 Å². The lowest BCUT2D eigenvalue weighted by molar-refractivity contribution is -0.114. The van der Waals surface area contributed by atoms with Crippen LogP contribution in [0, 0.1) is 5.92 Å². The number of hydrogen-bond donors (Lipinski definition) is 3. The summed E-state index contributed by atoms with van der Waals surface area (Å²) in [5, 5.41) is 15.6. The van der Waals surface area contributed by atoms with E-state index in [1.54, 1.807) is 42.6 Å². The van der Waals surface area contributed by atoms with Gasteiger partial charge >= 0.3 is 6.09 Å². The number of rotatable bonds is 3. The lowest BCUT2D eigenvalue weighted by Crippen LogP contribution is -2.43. The van der Waals surface area contributed by atoms with E-state index in [9.17, 15) is 19.5 Å². The number of benzene rings is 1. The Balaban J connectivity index is 1.71. The minimum absolute atomic E-state index is 0.119. The van der Waals surface area contributed by atoms with Crippen LogP contribution in [-0.4, -0.2) is 56.9 Å². The van der Waals surface area contributed by atoms with Crippen molar-refractivity contribution in [2.24, 2.45) is 10.9 Å². The van der Waals surface area contributed by atoms with Gasteiger partial charge in [-0.15, -0.1) is 0 Å². The maximum absolute atomic E-state index is 12.6. The van der Waals surface area contributed by atoms with E-state index in [1.807, 2.05) is 6.07 Å². The van der Waals surface area contributed by atoms with Crippen LogP contribution in [0.5, 0.6) is 0 Å². The summed E-state index contributed by atoms with van der Waals surface area (Å²) in [5.74, 6) is -0.0492. The van der Waals surface area contributed by atoms with Gasteiger partial charge < -0.3 is 20.6 Å². The number of carbonyl (C=O) groups excluding carboxylic acids is 2. The average molecular weight is 439 g/mol. The Morgan fingerprint density at radius 2 is 1.97 bits per heavy atom. The fraction of sp³-hybridized carbons (Fsp3) is 0.286. The predicted molar refractivity (Wildman–Crippen MR) is 117 cm³/mol. The summed E-state index contributed by atoms with van der Waals surface area (Å²) >= 11 is 1.39. The van der Waals surface area contributed by atoms with Gasteiger partial charge in [0.1, 0.15) is 5.54 Å². The van der Waals surface area contributed by atoms with Gasteiger partial charge in [-0.05, 0) is 24.3 Å². The van der Waals surface area contributed by atoms with Crippen molar-refractivity contribution in [2.75, 3.05) is 24.2 Å². The molecule has 2 aromatic rings. The van der Waals surface area contributed by atoms with Gasteiger partial charge in [-0.1, -0.05) is 30.0 Å². The minimum Gasteiger partial charge on any atom is -0.465 e. The fourth-order valence-corrected chi connectivity index (χ4v) is 5.01. The number of nitrogens with zero attached hydrogens (tertiary/aromatic N) is 3. The van der Waals surface area contributed by atoms with Gasteiger partial charge in [0.25, 0.3) is 5.91 Å². The summed E-state index contributed by atoms with van der Waals surface area (Å²) in [6.45, 7) is 1.85. The van der Waals surface area contributed by atoms with Crippen LogP contribution in [0.1, 0.15) is 23.0 Å². The zero-order valence-corrected chi connectivity index (χ0v) is 17.6. The summed E-state index contributed by atoms with van der Waals surface area (Å²) in [5.41, 5.74) is 0.672. The molecule has 0 spiro atoms. The number of aliphatic imine (C=N–C) groups is 1. The van der Waals surface area contributed by atoms with Gasteiger partial charge in [-0.25, -0.2) is 9.79 Å². The Morgan fingerprint density at radius 1 is 1.19 bits per heavy atom. The number of likely N-dealkylation sites (tertiary alicyclic amines) is 1. The van der Waals surface area contributed by atoms with Crippen LogP contribution in [-0.2, 0) is 10.3 Å². The molecule has 2 atom stereocenters. The number of amides is 3. The molecule has 1 fully saturated rings. The molecule has 3 amide bonds. The molecule has 10 heteroatoms. The van der Waals surface area contributed by atoms with Gasteiger partial charge in [0.2, 0.25) is 5.91 Å². The molecule has 31 heavy (non-hydrogen) atoms. The number of pyridine rings is 1. The number of fused-ring (bicyclic) bond motifs is 1. The topological polar surface area (TPSA) is 124 Å². The quantitative estimate of drug-likeness (QED) is 0.675. The maximum Gasteiger partial charge on any atom is 0.407 e. The van der Waals surface area contributed by atoms with Crippen LogP contribution < -0.4 is 10.6 Å². The summed E-state index contributed by atoms with van der Waals surface area (Å²) < 4.78 is 0. The zero-order chi connectivity index (χ0) is 22.0. The number of amidine groups is 1. The fourth-order valence-electron chi connectivity index (χ4n) is 3.88. The number of nitrogens with one attached hydrogen (secondary N) is 2. The van der Waals surface area contributed by atoms with Crippen LogP contribution in [0.2, 0.25) is 0 Å². The first-order chi connectivity index (χ1) is 14.9. The Labute approximate surface area is 183 Å². The second kappa shape index (κ2) is 8.38. The molecule has 1 saturated heterocycles. The molecule has 160 valence electrons. The number of carbonyl (C=O) groups is 3. The number of carboxylic acid groups (broad SMARTS) is 1. The number of hydrogen-bond acceptors (Lipinski definition) is 6. The largest absolute Gasteiger partial charge is 0.465 e. The average Bonchev–Trinajstić information content (AvgIpc) is 3.15.